The van der Waals surface area contributed by atoms with E-state index in [1.165, 1.54) is 71.6 Å². The Morgan fingerprint density at radius 1 is 0.509 bits per heavy atom. The predicted octanol–water partition coefficient (Wildman–Crippen LogP) is 12.5. The van der Waals surface area contributed by atoms with Gasteiger partial charge in [-0.2, -0.15) is 63.6 Å². The number of nitrogens with zero attached hydrogens (tertiary/aromatic N) is 11. The molecule has 106 heavy (non-hydrogen) atoms. The molecular formula is C52H40Cl2N14O29S9. The molecule has 2 heterocycles. The van der Waals surface area contributed by atoms with Gasteiger partial charge in [-0.15, -0.1) is 37.8 Å². The number of rotatable bonds is 33. The Labute approximate surface area is 619 Å². The van der Waals surface area contributed by atoms with E-state index in [1.54, 1.807) is 6.92 Å². The SMILES string of the molecule is CCN(c1cccc(S(=O)(=O)CCOS(=O)(=O)O)c1)c1nc(Cl)nc(Nc2ccc3c(O)c(N=Nc4cc(Nc5nc(Cl)nc(Nc6cc(S(=O)(=O)O)cc7cc(SOOO)c(N=Nc8ccc9c(SOOO)cccc9c8S(=O)(=O)O)c(O)c67)n5)ccc4S(=O)(=O)O)c(SOOO)cc3c2SOOO)n1. The Kier molecular flexibility index (Phi) is 25.6. The molecule has 0 atom stereocenters. The summed E-state index contributed by atoms with van der Waals surface area (Å²) < 4.78 is 188. The van der Waals surface area contributed by atoms with Gasteiger partial charge in [-0.3, -0.25) is 18.2 Å². The first-order valence-corrected chi connectivity index (χ1v) is 38.9. The van der Waals surface area contributed by atoms with Crippen LogP contribution < -0.4 is 20.9 Å². The summed E-state index contributed by atoms with van der Waals surface area (Å²) in [6.45, 7) is 0.817. The zero-order valence-corrected chi connectivity index (χ0v) is 60.5. The second-order valence-electron chi connectivity index (χ2n) is 20.1. The van der Waals surface area contributed by atoms with E-state index in [9.17, 15) is 76.5 Å². The normalized spacial score (nSPS) is 12.5. The smallest absolute Gasteiger partial charge is 0.397 e. The van der Waals surface area contributed by atoms with Crippen molar-refractivity contribution in [2.45, 2.75) is 46.1 Å². The number of azo groups is 2. The minimum absolute atomic E-state index is 0.00381. The Bertz CT molecular complexity index is 5760. The number of sulfone groups is 1. The minimum Gasteiger partial charge on any atom is -0.505 e. The molecule has 2 aromatic heterocycles. The third-order valence-electron chi connectivity index (χ3n) is 13.8. The van der Waals surface area contributed by atoms with Crippen LogP contribution in [-0.2, 0) is 92.3 Å². The summed E-state index contributed by atoms with van der Waals surface area (Å²) in [5, 5.41) is 98.0. The number of phenolic OH excluding ortho intramolecular Hbond substituents is 2. The number of aromatic hydroxyl groups is 2. The van der Waals surface area contributed by atoms with Gasteiger partial charge in [0.2, 0.25) is 34.4 Å². The van der Waals surface area contributed by atoms with Crippen molar-refractivity contribution in [3.8, 4) is 11.5 Å². The molecule has 0 aliphatic carbocycles. The molecule has 54 heteroatoms. The minimum atomic E-state index is -5.21. The summed E-state index contributed by atoms with van der Waals surface area (Å²) in [6, 6.07) is 21.2. The number of benzene rings is 8. The lowest BCUT2D eigenvalue weighted by Gasteiger charge is -2.22. The third kappa shape index (κ3) is 19.3. The van der Waals surface area contributed by atoms with Gasteiger partial charge in [0.1, 0.15) is 32.5 Å². The van der Waals surface area contributed by atoms with Gasteiger partial charge in [0, 0.05) is 44.4 Å². The van der Waals surface area contributed by atoms with Crippen LogP contribution in [0.4, 0.5) is 69.3 Å². The topological polar surface area (TPSA) is 622 Å². The standard InChI is InChI=1S/C52H40Cl2N14O29S9/c1-2-68(25-5-3-6-26(20-25)102(75,76)16-15-89-106(86,87)88)52-61-48(54)60-51(63-52)56-32-12-11-29-31(45(32)101-97-93-74)22-38(100-96-92-73)41(43(29)69)66-65-34-19-24(9-14-39(34)104(80,81)82)55-49-58-47(53)59-50(62-49)57-35-21-27(103(77,78)79)17-23-18-37(99-95-91-72)42(44(70)40(23)35)67-64-33-13-10-28-30(46(33)105(83,84)85)7-4-8-36(28)98-94-90-71/h3-14,17-22,69-74H,2,15-16H2,1H3,(H,77,78,79)(H,80,81,82)(H,83,84,85)(H,86,87,88)(H,56,60,61,63)(H2,55,57,58,59,62). The van der Waals surface area contributed by atoms with Gasteiger partial charge in [0.25, 0.3) is 30.4 Å². The van der Waals surface area contributed by atoms with E-state index in [2.05, 4.69) is 99.3 Å². The fourth-order valence-electron chi connectivity index (χ4n) is 9.62. The van der Waals surface area contributed by atoms with Crippen molar-refractivity contribution in [1.82, 2.24) is 29.9 Å². The molecule has 8 aromatic carbocycles. The van der Waals surface area contributed by atoms with Crippen LogP contribution in [0.3, 0.4) is 0 Å². The van der Waals surface area contributed by atoms with E-state index in [0.29, 0.717) is 24.1 Å². The monoisotopic (exact) mass is 1680 g/mol. The highest BCUT2D eigenvalue weighted by Crippen LogP contribution is 2.51. The Balaban J connectivity index is 0.984. The molecule has 0 unspecified atom stereocenters. The van der Waals surface area contributed by atoms with E-state index in [0.717, 1.165) is 42.5 Å². The maximum absolute atomic E-state index is 13.1. The zero-order valence-electron chi connectivity index (χ0n) is 51.6. The third-order valence-corrected chi connectivity index (χ3v) is 21.6. The molecule has 0 spiro atoms. The van der Waals surface area contributed by atoms with Crippen molar-refractivity contribution in [2.75, 3.05) is 39.8 Å². The highest BCUT2D eigenvalue weighted by atomic mass is 35.5. The van der Waals surface area contributed by atoms with Crippen LogP contribution in [0.25, 0.3) is 32.3 Å². The molecule has 13 N–H and O–H groups in total. The molecule has 43 nitrogen and oxygen atoms in total. The first-order valence-electron chi connectivity index (χ1n) is 27.8. The van der Waals surface area contributed by atoms with Gasteiger partial charge in [-0.25, -0.2) is 33.6 Å². The summed E-state index contributed by atoms with van der Waals surface area (Å²) in [5.41, 5.74) is -2.84. The highest BCUT2D eigenvalue weighted by molar-refractivity contribution is 7.95. The average molecular weight is 1680 g/mol. The molecule has 0 fully saturated rings. The van der Waals surface area contributed by atoms with E-state index in [4.69, 9.17) is 46.9 Å². The summed E-state index contributed by atoms with van der Waals surface area (Å²) >= 11 is 13.9. The zero-order chi connectivity index (χ0) is 76.6. The van der Waals surface area contributed by atoms with Crippen LogP contribution in [0.5, 0.6) is 11.5 Å². The van der Waals surface area contributed by atoms with E-state index in [1.807, 2.05) is 0 Å². The number of hydrogen-bond donors (Lipinski definition) is 13. The molecule has 0 amide bonds. The number of nitrogens with one attached hydrogen (secondary N) is 3. The van der Waals surface area contributed by atoms with Crippen LogP contribution in [0, 0.1) is 0 Å². The van der Waals surface area contributed by atoms with Crippen molar-refractivity contribution >= 4 is 224 Å². The number of halogens is 2. The maximum Gasteiger partial charge on any atom is 0.397 e. The van der Waals surface area contributed by atoms with Gasteiger partial charge in [-0.1, -0.05) is 44.4 Å². The highest BCUT2D eigenvalue weighted by Gasteiger charge is 2.28. The van der Waals surface area contributed by atoms with Gasteiger partial charge in [-0.05, 0) is 126 Å². The second-order valence-corrected chi connectivity index (χ2v) is 31.1. The Morgan fingerprint density at radius 3 is 1.75 bits per heavy atom. The summed E-state index contributed by atoms with van der Waals surface area (Å²) in [6.07, 6.45) is 0. The Hall–Kier alpha value is -8.39. The van der Waals surface area contributed by atoms with Crippen LogP contribution in [0.2, 0.25) is 10.6 Å². The number of anilines is 8. The predicted molar refractivity (Wildman–Crippen MR) is 370 cm³/mol. The van der Waals surface area contributed by atoms with Crippen LogP contribution in [0.1, 0.15) is 6.92 Å². The Morgan fingerprint density at radius 2 is 1.10 bits per heavy atom. The number of fused-ring (bicyclic) bond motifs is 3. The van der Waals surface area contributed by atoms with E-state index < -0.39 is 140 Å². The average Bonchev–Trinajstić information content (AvgIpc) is 0.761. The van der Waals surface area contributed by atoms with Crippen molar-refractivity contribution in [3.05, 3.63) is 120 Å². The summed E-state index contributed by atoms with van der Waals surface area (Å²) in [7, 11) is -24.7. The molecule has 0 aliphatic rings. The molecular weight excluding hydrogens is 1640 g/mol. The molecule has 0 aliphatic heterocycles. The lowest BCUT2D eigenvalue weighted by atomic mass is 10.1. The first kappa shape index (κ1) is 80.2. The molecule has 0 bridgehead atoms. The molecule has 0 radical (unpaired) electrons. The van der Waals surface area contributed by atoms with Gasteiger partial charge in [0.15, 0.2) is 21.3 Å². The summed E-state index contributed by atoms with van der Waals surface area (Å²) in [5.74, 6) is -4.06. The summed E-state index contributed by atoms with van der Waals surface area (Å²) in [4.78, 5) is 23.0. The maximum atomic E-state index is 13.1. The van der Waals surface area contributed by atoms with Gasteiger partial charge in [0.05, 0.1) is 96.4 Å². The van der Waals surface area contributed by atoms with E-state index in [-0.39, 0.29) is 116 Å². The fraction of sp³-hybridized carbons (Fsp3) is 0.0769. The second kappa shape index (κ2) is 33.8. The van der Waals surface area contributed by atoms with Crippen molar-refractivity contribution < 1.29 is 133 Å². The van der Waals surface area contributed by atoms with Crippen LogP contribution in [0.15, 0.2) is 169 Å². The lowest BCUT2D eigenvalue weighted by molar-refractivity contribution is -0.432. The molecule has 10 rings (SSSR count). The quantitative estimate of drug-likeness (QED) is 0.00597. The van der Waals surface area contributed by atoms with Gasteiger partial charge >= 0.3 is 10.4 Å². The molecule has 0 saturated heterocycles. The van der Waals surface area contributed by atoms with Crippen molar-refractivity contribution in [2.24, 2.45) is 20.5 Å². The van der Waals surface area contributed by atoms with Crippen molar-refractivity contribution in [3.63, 3.8) is 0 Å². The van der Waals surface area contributed by atoms with Crippen molar-refractivity contribution in [1.29, 1.82) is 0 Å². The molecule has 560 valence electrons. The number of phenols is 2. The number of hydrogen-bond acceptors (Lipinski definition) is 43. The van der Waals surface area contributed by atoms with Crippen LogP contribution in [-0.4, -0.2) is 140 Å². The van der Waals surface area contributed by atoms with E-state index >= 15 is 0 Å². The van der Waals surface area contributed by atoms with Gasteiger partial charge < -0.3 is 31.1 Å². The fourth-order valence-corrected chi connectivity index (χ4v) is 15.5. The van der Waals surface area contributed by atoms with Crippen LogP contribution >= 0.6 is 71.4 Å². The first-order chi connectivity index (χ1) is 50.2. The largest absolute Gasteiger partial charge is 0.505 e. The lowest BCUT2D eigenvalue weighted by Crippen LogP contribution is -2.21. The number of aromatic nitrogens is 6. The molecule has 10 aromatic rings. The molecule has 0 saturated carbocycles.